The number of methoxy groups -OCH3 is 1. The van der Waals surface area contributed by atoms with Gasteiger partial charge in [0.15, 0.2) is 6.10 Å². The van der Waals surface area contributed by atoms with Crippen LogP contribution in [-0.4, -0.2) is 127 Å². The van der Waals surface area contributed by atoms with Gasteiger partial charge < -0.3 is 42.0 Å². The number of amides is 3. The Balaban J connectivity index is 1.75. The molecule has 3 rings (SSSR count). The minimum absolute atomic E-state index is 0.0606. The lowest BCUT2D eigenvalue weighted by Gasteiger charge is -2.39. The van der Waals surface area contributed by atoms with Gasteiger partial charge in [0.2, 0.25) is 11.8 Å². The number of nitrogens with two attached hydrogens (primary N) is 2. The van der Waals surface area contributed by atoms with Gasteiger partial charge in [-0.3, -0.25) is 23.8 Å². The van der Waals surface area contributed by atoms with Crippen molar-refractivity contribution in [1.82, 2.24) is 20.4 Å². The number of fused-ring (bicyclic) bond motifs is 1. The molecule has 1 saturated heterocycles. The summed E-state index contributed by atoms with van der Waals surface area (Å²) < 4.78 is 40.0. The molecule has 0 aromatic heterocycles. The second kappa shape index (κ2) is 14.5. The maximum atomic E-state index is 14.0. The summed E-state index contributed by atoms with van der Waals surface area (Å²) >= 11 is 0. The normalized spacial score (nSPS) is 28.0. The molecule has 2 fully saturated rings. The van der Waals surface area contributed by atoms with Gasteiger partial charge in [0.05, 0.1) is 12.2 Å². The van der Waals surface area contributed by atoms with Crippen LogP contribution in [0.25, 0.3) is 0 Å². The van der Waals surface area contributed by atoms with Crippen molar-refractivity contribution in [2.75, 3.05) is 33.4 Å². The molecule has 3 aliphatic rings. The van der Waals surface area contributed by atoms with Crippen molar-refractivity contribution in [3.8, 4) is 0 Å². The average molecular weight is 621 g/mol. The van der Waals surface area contributed by atoms with Gasteiger partial charge >= 0.3 is 10.4 Å². The van der Waals surface area contributed by atoms with Crippen molar-refractivity contribution in [1.29, 1.82) is 0 Å². The van der Waals surface area contributed by atoms with Crippen LogP contribution >= 0.6 is 0 Å². The van der Waals surface area contributed by atoms with Crippen LogP contribution in [0.5, 0.6) is 0 Å². The van der Waals surface area contributed by atoms with E-state index in [1.54, 1.807) is 13.8 Å². The van der Waals surface area contributed by atoms with Crippen molar-refractivity contribution in [3.05, 3.63) is 11.6 Å². The molecule has 42 heavy (non-hydrogen) atoms. The second-order valence-electron chi connectivity index (χ2n) is 11.4. The van der Waals surface area contributed by atoms with Crippen LogP contribution in [0, 0.1) is 11.8 Å². The molecular formula is C25H44N6O10S. The number of carbonyl (C=O) groups excluding carboxylic acids is 3. The molecule has 9 N–H and O–H groups in total. The summed E-state index contributed by atoms with van der Waals surface area (Å²) in [6.07, 6.45) is -1.01. The molecule has 2 aliphatic heterocycles. The first-order valence-electron chi connectivity index (χ1n) is 14.0. The molecule has 0 bridgehead atoms. The predicted molar refractivity (Wildman–Crippen MR) is 148 cm³/mol. The van der Waals surface area contributed by atoms with Gasteiger partial charge in [0.1, 0.15) is 25.0 Å². The van der Waals surface area contributed by atoms with Crippen LogP contribution in [-0.2, 0) is 33.7 Å². The second-order valence-corrected chi connectivity index (χ2v) is 12.5. The monoisotopic (exact) mass is 620 g/mol. The number of nitrogens with zero attached hydrogens (tertiary/aromatic N) is 2. The molecule has 2 heterocycles. The number of hydrogen-bond acceptors (Lipinski definition) is 12. The number of aliphatic hydroxyl groups is 2. The van der Waals surface area contributed by atoms with Crippen molar-refractivity contribution >= 4 is 28.1 Å². The van der Waals surface area contributed by atoms with Gasteiger partial charge in [-0.05, 0) is 37.5 Å². The first-order valence-corrected chi connectivity index (χ1v) is 15.3. The average Bonchev–Trinajstić information content (AvgIpc) is 3.52. The molecule has 3 amide bonds. The number of ether oxygens (including phenoxy) is 1. The number of aliphatic hydroxyl groups excluding tert-OH is 2. The number of likely N-dealkylation sites (tertiary alicyclic amines) is 1. The SMILES string of the molecule is CO[C@H](COS(=O)(=O)O)C(=O)N[C@H](C(=O)N1[C@H](C(=O)NCCC2=CCN(C(N)N)C2)C[C@@H]2C[C@H](O)[C@@H](O)C[C@@H]21)C(C)C. The molecule has 0 aromatic carbocycles. The Morgan fingerprint density at radius 3 is 2.38 bits per heavy atom. The van der Waals surface area contributed by atoms with Crippen LogP contribution in [0.1, 0.15) is 39.5 Å². The quantitative estimate of drug-likeness (QED) is 0.0617. The van der Waals surface area contributed by atoms with Crippen molar-refractivity contribution in [3.63, 3.8) is 0 Å². The molecule has 17 heteroatoms. The third kappa shape index (κ3) is 8.67. The minimum atomic E-state index is -4.84. The Kier molecular flexibility index (Phi) is 11.8. The van der Waals surface area contributed by atoms with E-state index in [0.717, 1.165) is 12.7 Å². The Morgan fingerprint density at radius 1 is 1.14 bits per heavy atom. The van der Waals surface area contributed by atoms with Crippen LogP contribution in [0.3, 0.4) is 0 Å². The molecule has 7 atom stereocenters. The molecule has 240 valence electrons. The lowest BCUT2D eigenvalue weighted by atomic mass is 9.81. The lowest BCUT2D eigenvalue weighted by molar-refractivity contribution is -0.148. The highest BCUT2D eigenvalue weighted by Crippen LogP contribution is 2.40. The van der Waals surface area contributed by atoms with Crippen molar-refractivity contribution in [2.24, 2.45) is 23.3 Å². The standard InChI is InChI=1S/C25H44N6O10S/c1-13(2)21(29-23(35)20(40-3)12-41-42(37,38)39)24(36)31-16-10-19(33)18(32)9-15(16)8-17(31)22(34)28-6-4-14-5-7-30(11-14)25(26)27/h5,13,15-21,25,32-33H,4,6-12,26-27H2,1-3H3,(H,28,34)(H,29,35)(H,37,38,39)/t15-,16+,17+,18+,19+,20-,21+/m1/s1. The summed E-state index contributed by atoms with van der Waals surface area (Å²) in [4.78, 5) is 43.7. The van der Waals surface area contributed by atoms with E-state index < -0.39 is 83.4 Å². The Labute approximate surface area is 245 Å². The zero-order valence-electron chi connectivity index (χ0n) is 24.1. The van der Waals surface area contributed by atoms with Crippen LogP contribution < -0.4 is 22.1 Å². The van der Waals surface area contributed by atoms with E-state index >= 15 is 0 Å². The van der Waals surface area contributed by atoms with Gasteiger partial charge in [-0.2, -0.15) is 8.42 Å². The third-order valence-electron chi connectivity index (χ3n) is 8.16. The Hall–Kier alpha value is -2.22. The van der Waals surface area contributed by atoms with E-state index in [1.165, 1.54) is 4.90 Å². The summed E-state index contributed by atoms with van der Waals surface area (Å²) in [5, 5.41) is 26.2. The maximum absolute atomic E-state index is 14.0. The van der Waals surface area contributed by atoms with Gasteiger partial charge in [0.25, 0.3) is 5.91 Å². The van der Waals surface area contributed by atoms with Gasteiger partial charge in [-0.25, -0.2) is 4.18 Å². The third-order valence-corrected chi connectivity index (χ3v) is 8.59. The fraction of sp³-hybridized carbons (Fsp3) is 0.800. The minimum Gasteiger partial charge on any atom is -0.390 e. The van der Waals surface area contributed by atoms with E-state index in [1.807, 2.05) is 11.0 Å². The summed E-state index contributed by atoms with van der Waals surface area (Å²) in [6, 6.07) is -2.60. The maximum Gasteiger partial charge on any atom is 0.397 e. The Bertz CT molecular complexity index is 1120. The molecule has 1 saturated carbocycles. The highest BCUT2D eigenvalue weighted by Gasteiger charge is 2.52. The first-order chi connectivity index (χ1) is 19.6. The first kappa shape index (κ1) is 34.3. The van der Waals surface area contributed by atoms with E-state index in [9.17, 15) is 33.0 Å². The number of rotatable bonds is 13. The van der Waals surface area contributed by atoms with E-state index in [0.29, 0.717) is 26.1 Å². The van der Waals surface area contributed by atoms with E-state index in [2.05, 4.69) is 14.8 Å². The van der Waals surface area contributed by atoms with Gasteiger partial charge in [-0.15, -0.1) is 0 Å². The van der Waals surface area contributed by atoms with Gasteiger partial charge in [0, 0.05) is 32.8 Å². The summed E-state index contributed by atoms with van der Waals surface area (Å²) in [5.74, 6) is -2.53. The zero-order chi connectivity index (χ0) is 31.4. The van der Waals surface area contributed by atoms with Crippen LogP contribution in [0.15, 0.2) is 11.6 Å². The van der Waals surface area contributed by atoms with E-state index in [4.69, 9.17) is 20.8 Å². The highest BCUT2D eigenvalue weighted by atomic mass is 32.3. The molecule has 16 nitrogen and oxygen atoms in total. The summed E-state index contributed by atoms with van der Waals surface area (Å²) in [6.45, 7) is 4.07. The topological polar surface area (TPSA) is 247 Å². The molecule has 0 unspecified atom stereocenters. The van der Waals surface area contributed by atoms with E-state index in [-0.39, 0.29) is 25.2 Å². The predicted octanol–water partition coefficient (Wildman–Crippen LogP) is -2.99. The highest BCUT2D eigenvalue weighted by molar-refractivity contribution is 7.80. The molecule has 1 aliphatic carbocycles. The van der Waals surface area contributed by atoms with Crippen LogP contribution in [0.4, 0.5) is 0 Å². The smallest absolute Gasteiger partial charge is 0.390 e. The Morgan fingerprint density at radius 2 is 1.81 bits per heavy atom. The molecule has 0 aromatic rings. The summed E-state index contributed by atoms with van der Waals surface area (Å²) in [5.41, 5.74) is 12.5. The lowest BCUT2D eigenvalue weighted by Crippen LogP contribution is -2.60. The molecular weight excluding hydrogens is 576 g/mol. The zero-order valence-corrected chi connectivity index (χ0v) is 24.9. The fourth-order valence-corrected chi connectivity index (χ4v) is 6.12. The van der Waals surface area contributed by atoms with Crippen molar-refractivity contribution < 1.29 is 46.5 Å². The largest absolute Gasteiger partial charge is 0.397 e. The molecule has 0 spiro atoms. The molecule has 0 radical (unpaired) electrons. The number of hydrogen-bond donors (Lipinski definition) is 7. The number of carbonyl (C=O) groups is 3. The fourth-order valence-electron chi connectivity index (χ4n) is 5.82. The van der Waals surface area contributed by atoms with Crippen LogP contribution in [0.2, 0.25) is 0 Å². The van der Waals surface area contributed by atoms with Gasteiger partial charge in [-0.1, -0.05) is 25.5 Å². The number of nitrogens with one attached hydrogen (secondary N) is 2. The summed E-state index contributed by atoms with van der Waals surface area (Å²) in [7, 11) is -3.71. The van der Waals surface area contributed by atoms with Crippen molar-refractivity contribution in [2.45, 2.75) is 82.3 Å².